The van der Waals surface area contributed by atoms with Gasteiger partial charge in [-0.1, -0.05) is 13.8 Å². The Kier molecular flexibility index (Phi) is 4.97. The maximum absolute atomic E-state index is 11.1. The van der Waals surface area contributed by atoms with Crippen LogP contribution in [0.25, 0.3) is 0 Å². The van der Waals surface area contributed by atoms with Crippen molar-refractivity contribution in [2.45, 2.75) is 39.2 Å². The number of nitrogens with one attached hydrogen (secondary N) is 1. The number of hydrogen-bond acceptors (Lipinski definition) is 3. The van der Waals surface area contributed by atoms with Crippen molar-refractivity contribution in [3.8, 4) is 0 Å². The summed E-state index contributed by atoms with van der Waals surface area (Å²) >= 11 is 0. The second-order valence-corrected chi connectivity index (χ2v) is 2.94. The van der Waals surface area contributed by atoms with Crippen LogP contribution in [0.2, 0.25) is 0 Å². The predicted molar refractivity (Wildman–Crippen MR) is 51.1 cm³/mol. The smallest absolute Gasteiger partial charge is 0.408 e. The van der Waals surface area contributed by atoms with Gasteiger partial charge in [0.1, 0.15) is 5.54 Å². The van der Waals surface area contributed by atoms with Gasteiger partial charge in [0.25, 0.3) is 0 Å². The number of rotatable bonds is 5. The maximum atomic E-state index is 11.1. The molecule has 0 unspecified atom stereocenters. The molecule has 0 heterocycles. The number of ether oxygens (including phenoxy) is 1. The minimum Gasteiger partial charge on any atom is -0.480 e. The van der Waals surface area contributed by atoms with Gasteiger partial charge in [-0.2, -0.15) is 0 Å². The highest BCUT2D eigenvalue weighted by atomic mass is 16.5. The maximum Gasteiger partial charge on any atom is 0.408 e. The molecule has 0 bridgehead atoms. The fourth-order valence-corrected chi connectivity index (χ4v) is 1.15. The molecule has 0 aliphatic heterocycles. The third-order valence-corrected chi connectivity index (χ3v) is 2.23. The summed E-state index contributed by atoms with van der Waals surface area (Å²) in [5.74, 6) is -1.03. The first kappa shape index (κ1) is 12.7. The van der Waals surface area contributed by atoms with E-state index in [-0.39, 0.29) is 6.61 Å². The number of alkyl carbamates (subject to hydrolysis) is 1. The minimum absolute atomic E-state index is 0.231. The fourth-order valence-electron chi connectivity index (χ4n) is 1.15. The van der Waals surface area contributed by atoms with E-state index in [4.69, 9.17) is 5.11 Å². The summed E-state index contributed by atoms with van der Waals surface area (Å²) in [6.45, 7) is 5.32. The van der Waals surface area contributed by atoms with E-state index in [1.807, 2.05) is 0 Å². The third kappa shape index (κ3) is 2.90. The molecule has 0 atom stereocenters. The van der Waals surface area contributed by atoms with Crippen LogP contribution in [0.4, 0.5) is 4.79 Å². The van der Waals surface area contributed by atoms with E-state index in [9.17, 15) is 9.59 Å². The summed E-state index contributed by atoms with van der Waals surface area (Å²) < 4.78 is 4.64. The van der Waals surface area contributed by atoms with Crippen molar-refractivity contribution in [2.75, 3.05) is 6.61 Å². The summed E-state index contributed by atoms with van der Waals surface area (Å²) in [5.41, 5.74) is -1.20. The van der Waals surface area contributed by atoms with Crippen molar-refractivity contribution in [1.82, 2.24) is 5.32 Å². The molecule has 5 heteroatoms. The monoisotopic (exact) mass is 203 g/mol. The molecule has 1 amide bonds. The molecule has 82 valence electrons. The highest BCUT2D eigenvalue weighted by molar-refractivity contribution is 5.84. The highest BCUT2D eigenvalue weighted by Gasteiger charge is 2.36. The zero-order valence-corrected chi connectivity index (χ0v) is 8.79. The number of aliphatic carboxylic acids is 1. The summed E-state index contributed by atoms with van der Waals surface area (Å²) in [4.78, 5) is 22.0. The SMILES string of the molecule is CCOC(=O)NC(CC)(CC)C(=O)O. The lowest BCUT2D eigenvalue weighted by molar-refractivity contribution is -0.145. The number of carbonyl (C=O) groups is 2. The Labute approximate surface area is 83.4 Å². The van der Waals surface area contributed by atoms with E-state index in [0.717, 1.165) is 0 Å². The summed E-state index contributed by atoms with van der Waals surface area (Å²) in [7, 11) is 0. The van der Waals surface area contributed by atoms with Crippen LogP contribution >= 0.6 is 0 Å². The second kappa shape index (κ2) is 5.47. The first-order chi connectivity index (χ1) is 6.52. The fraction of sp³-hybridized carbons (Fsp3) is 0.778. The lowest BCUT2D eigenvalue weighted by Gasteiger charge is -2.27. The molecule has 5 nitrogen and oxygen atoms in total. The van der Waals surface area contributed by atoms with Crippen molar-refractivity contribution >= 4 is 12.1 Å². The molecule has 0 saturated carbocycles. The molecule has 0 radical (unpaired) electrons. The van der Waals surface area contributed by atoms with Crippen LogP contribution < -0.4 is 5.32 Å². The number of carbonyl (C=O) groups excluding carboxylic acids is 1. The summed E-state index contributed by atoms with van der Waals surface area (Å²) in [6, 6.07) is 0. The molecular weight excluding hydrogens is 186 g/mol. The van der Waals surface area contributed by atoms with Gasteiger partial charge in [-0.15, -0.1) is 0 Å². The van der Waals surface area contributed by atoms with E-state index < -0.39 is 17.6 Å². The molecule has 2 N–H and O–H groups in total. The Morgan fingerprint density at radius 1 is 1.29 bits per heavy atom. The van der Waals surface area contributed by atoms with E-state index in [0.29, 0.717) is 12.8 Å². The van der Waals surface area contributed by atoms with Gasteiger partial charge in [0.05, 0.1) is 6.61 Å². The quantitative estimate of drug-likeness (QED) is 0.707. The Hall–Kier alpha value is -1.26. The third-order valence-electron chi connectivity index (χ3n) is 2.23. The lowest BCUT2D eigenvalue weighted by atomic mass is 9.93. The van der Waals surface area contributed by atoms with Gasteiger partial charge in [-0.25, -0.2) is 9.59 Å². The first-order valence-corrected chi connectivity index (χ1v) is 4.70. The molecule has 0 aromatic carbocycles. The van der Waals surface area contributed by atoms with Gasteiger partial charge in [0.2, 0.25) is 0 Å². The van der Waals surface area contributed by atoms with Crippen LogP contribution in [0.15, 0.2) is 0 Å². The van der Waals surface area contributed by atoms with Crippen LogP contribution in [0, 0.1) is 0 Å². The number of amides is 1. The van der Waals surface area contributed by atoms with Crippen LogP contribution in [0.5, 0.6) is 0 Å². The Morgan fingerprint density at radius 3 is 2.07 bits per heavy atom. The average Bonchev–Trinajstić information content (AvgIpc) is 2.14. The second-order valence-electron chi connectivity index (χ2n) is 2.94. The van der Waals surface area contributed by atoms with Crippen LogP contribution in [0.1, 0.15) is 33.6 Å². The summed E-state index contributed by atoms with van der Waals surface area (Å²) in [5, 5.41) is 11.3. The minimum atomic E-state index is -1.20. The lowest BCUT2D eigenvalue weighted by Crippen LogP contribution is -2.53. The molecule has 0 fully saturated rings. The van der Waals surface area contributed by atoms with Gasteiger partial charge < -0.3 is 15.2 Å². The first-order valence-electron chi connectivity index (χ1n) is 4.70. The van der Waals surface area contributed by atoms with Gasteiger partial charge in [-0.05, 0) is 19.8 Å². The molecule has 0 saturated heterocycles. The van der Waals surface area contributed by atoms with Crippen LogP contribution in [-0.4, -0.2) is 29.3 Å². The number of carboxylic acid groups (broad SMARTS) is 1. The molecule has 0 aromatic rings. The predicted octanol–water partition coefficient (Wildman–Crippen LogP) is 1.38. The summed E-state index contributed by atoms with van der Waals surface area (Å²) in [6.07, 6.45) is -0.0199. The zero-order chi connectivity index (χ0) is 11.2. The standard InChI is InChI=1S/C9H17NO4/c1-4-9(5-2,7(11)12)10-8(13)14-6-3/h4-6H2,1-3H3,(H,10,13)(H,11,12). The van der Waals surface area contributed by atoms with Gasteiger partial charge in [0.15, 0.2) is 0 Å². The van der Waals surface area contributed by atoms with Crippen molar-refractivity contribution in [1.29, 1.82) is 0 Å². The molecule has 0 rings (SSSR count). The zero-order valence-electron chi connectivity index (χ0n) is 8.79. The Balaban J connectivity index is 4.51. The average molecular weight is 203 g/mol. The van der Waals surface area contributed by atoms with Gasteiger partial charge >= 0.3 is 12.1 Å². The molecule has 14 heavy (non-hydrogen) atoms. The number of hydrogen-bond donors (Lipinski definition) is 2. The Morgan fingerprint density at radius 2 is 1.79 bits per heavy atom. The van der Waals surface area contributed by atoms with Crippen molar-refractivity contribution in [3.05, 3.63) is 0 Å². The highest BCUT2D eigenvalue weighted by Crippen LogP contribution is 2.15. The Bertz CT molecular complexity index is 211. The van der Waals surface area contributed by atoms with Crippen molar-refractivity contribution in [3.63, 3.8) is 0 Å². The largest absolute Gasteiger partial charge is 0.480 e. The van der Waals surface area contributed by atoms with Crippen molar-refractivity contribution < 1.29 is 19.4 Å². The van der Waals surface area contributed by atoms with Crippen molar-refractivity contribution in [2.24, 2.45) is 0 Å². The molecule has 0 aliphatic carbocycles. The van der Waals surface area contributed by atoms with Gasteiger partial charge in [0, 0.05) is 0 Å². The van der Waals surface area contributed by atoms with E-state index in [1.54, 1.807) is 20.8 Å². The van der Waals surface area contributed by atoms with E-state index >= 15 is 0 Å². The molecular formula is C9H17NO4. The van der Waals surface area contributed by atoms with Gasteiger partial charge in [-0.3, -0.25) is 0 Å². The normalized spacial score (nSPS) is 10.8. The molecule has 0 aromatic heterocycles. The van der Waals surface area contributed by atoms with E-state index in [2.05, 4.69) is 10.1 Å². The van der Waals surface area contributed by atoms with E-state index in [1.165, 1.54) is 0 Å². The molecule has 0 aliphatic rings. The topological polar surface area (TPSA) is 75.6 Å². The molecule has 0 spiro atoms. The number of carboxylic acids is 1. The van der Waals surface area contributed by atoms with Crippen LogP contribution in [-0.2, 0) is 9.53 Å². The van der Waals surface area contributed by atoms with Crippen LogP contribution in [0.3, 0.4) is 0 Å².